The molecule has 5 nitrogen and oxygen atoms in total. The number of nitrogens with one attached hydrogen (secondary N) is 2. The molecule has 1 aliphatic rings. The first kappa shape index (κ1) is 21.8. The van der Waals surface area contributed by atoms with Crippen LogP contribution in [0.3, 0.4) is 0 Å². The second-order valence-electron chi connectivity index (χ2n) is 6.12. The van der Waals surface area contributed by atoms with Gasteiger partial charge in [-0.05, 0) is 39.4 Å². The van der Waals surface area contributed by atoms with Gasteiger partial charge in [-0.1, -0.05) is 6.42 Å². The van der Waals surface area contributed by atoms with Crippen LogP contribution < -0.4 is 10.6 Å². The molecule has 1 saturated carbocycles. The number of amides is 1. The maximum absolute atomic E-state index is 11.7. The van der Waals surface area contributed by atoms with Crippen LogP contribution in [0.25, 0.3) is 0 Å². The van der Waals surface area contributed by atoms with Crippen LogP contribution in [0.4, 0.5) is 0 Å². The molecule has 0 radical (unpaired) electrons. The minimum Gasteiger partial charge on any atom is -0.354 e. The van der Waals surface area contributed by atoms with Gasteiger partial charge in [-0.15, -0.1) is 24.0 Å². The minimum absolute atomic E-state index is 0. The van der Waals surface area contributed by atoms with Gasteiger partial charge in [-0.3, -0.25) is 4.79 Å². The zero-order chi connectivity index (χ0) is 15.8. The fraction of sp³-hybridized carbons (Fsp3) is 0.867. The van der Waals surface area contributed by atoms with Crippen LogP contribution >= 0.6 is 35.7 Å². The molecule has 2 N–H and O–H groups in total. The van der Waals surface area contributed by atoms with E-state index >= 15 is 0 Å². The van der Waals surface area contributed by atoms with Gasteiger partial charge in [0.25, 0.3) is 0 Å². The second-order valence-corrected chi connectivity index (χ2v) is 7.26. The van der Waals surface area contributed by atoms with Gasteiger partial charge in [-0.25, -0.2) is 4.99 Å². The molecule has 22 heavy (non-hydrogen) atoms. The maximum atomic E-state index is 11.7. The standard InChI is InChI=1S/C15H30N4OS.HI/c1-11(2)17-15(16-10-14(20)19(3)4)18-12-7-6-8-13(9-12)21-5;/h11-13H,6-10H2,1-5H3,(H2,16,17,18);1H. The first-order valence-electron chi connectivity index (χ1n) is 7.72. The lowest BCUT2D eigenvalue weighted by Gasteiger charge is -2.30. The lowest BCUT2D eigenvalue weighted by Crippen LogP contribution is -2.48. The number of nitrogens with zero attached hydrogens (tertiary/aromatic N) is 2. The lowest BCUT2D eigenvalue weighted by molar-refractivity contribution is -0.127. The van der Waals surface area contributed by atoms with E-state index in [9.17, 15) is 4.79 Å². The molecule has 0 aromatic rings. The number of halogens is 1. The van der Waals surface area contributed by atoms with Crippen LogP contribution in [0.2, 0.25) is 0 Å². The van der Waals surface area contributed by atoms with Gasteiger partial charge in [0.05, 0.1) is 0 Å². The van der Waals surface area contributed by atoms with Crippen molar-refractivity contribution in [2.24, 2.45) is 4.99 Å². The van der Waals surface area contributed by atoms with Crippen molar-refractivity contribution in [3.8, 4) is 0 Å². The van der Waals surface area contributed by atoms with E-state index < -0.39 is 0 Å². The van der Waals surface area contributed by atoms with Crippen LogP contribution in [0.15, 0.2) is 4.99 Å². The van der Waals surface area contributed by atoms with Crippen LogP contribution in [0.1, 0.15) is 39.5 Å². The summed E-state index contributed by atoms with van der Waals surface area (Å²) in [4.78, 5) is 17.7. The summed E-state index contributed by atoms with van der Waals surface area (Å²) in [7, 11) is 3.51. The predicted molar refractivity (Wildman–Crippen MR) is 107 cm³/mol. The zero-order valence-corrected chi connectivity index (χ0v) is 17.5. The van der Waals surface area contributed by atoms with Crippen molar-refractivity contribution in [2.45, 2.75) is 56.9 Å². The summed E-state index contributed by atoms with van der Waals surface area (Å²) in [6, 6.07) is 0.751. The first-order chi connectivity index (χ1) is 9.92. The average molecular weight is 442 g/mol. The van der Waals surface area contributed by atoms with Crippen molar-refractivity contribution in [1.82, 2.24) is 15.5 Å². The van der Waals surface area contributed by atoms with E-state index in [0.717, 1.165) is 11.2 Å². The van der Waals surface area contributed by atoms with E-state index in [2.05, 4.69) is 35.7 Å². The molecule has 0 saturated heterocycles. The van der Waals surface area contributed by atoms with Crippen molar-refractivity contribution in [1.29, 1.82) is 0 Å². The van der Waals surface area contributed by atoms with Crippen molar-refractivity contribution >= 4 is 47.6 Å². The van der Waals surface area contributed by atoms with E-state index in [1.165, 1.54) is 25.7 Å². The first-order valence-corrected chi connectivity index (χ1v) is 9.01. The Balaban J connectivity index is 0.00000441. The Hall–Kier alpha value is -0.180. The second kappa shape index (κ2) is 11.4. The third-order valence-electron chi connectivity index (χ3n) is 3.60. The molecule has 1 amide bonds. The molecule has 2 atom stereocenters. The summed E-state index contributed by atoms with van der Waals surface area (Å²) in [5.74, 6) is 0.775. The van der Waals surface area contributed by atoms with Crippen LogP contribution in [-0.4, -0.2) is 61.0 Å². The number of rotatable bonds is 5. The molecule has 1 rings (SSSR count). The zero-order valence-electron chi connectivity index (χ0n) is 14.4. The highest BCUT2D eigenvalue weighted by atomic mass is 127. The molecular weight excluding hydrogens is 411 g/mol. The number of carbonyl (C=O) groups is 1. The minimum atomic E-state index is 0. The van der Waals surface area contributed by atoms with E-state index in [-0.39, 0.29) is 36.4 Å². The maximum Gasteiger partial charge on any atom is 0.243 e. The Kier molecular flexibility index (Phi) is 11.3. The van der Waals surface area contributed by atoms with Gasteiger partial charge < -0.3 is 15.5 Å². The number of carbonyl (C=O) groups excluding carboxylic acids is 1. The van der Waals surface area contributed by atoms with Crippen molar-refractivity contribution < 1.29 is 4.79 Å². The van der Waals surface area contributed by atoms with Crippen molar-refractivity contribution in [3.05, 3.63) is 0 Å². The molecule has 0 aromatic heterocycles. The summed E-state index contributed by atoms with van der Waals surface area (Å²) in [5.41, 5.74) is 0. The Morgan fingerprint density at radius 2 is 2.05 bits per heavy atom. The number of hydrogen-bond donors (Lipinski definition) is 2. The third-order valence-corrected chi connectivity index (χ3v) is 4.69. The summed E-state index contributed by atoms with van der Waals surface area (Å²) >= 11 is 1.95. The highest BCUT2D eigenvalue weighted by Crippen LogP contribution is 2.26. The van der Waals surface area contributed by atoms with Gasteiger partial charge in [0.15, 0.2) is 5.96 Å². The third kappa shape index (κ3) is 8.45. The molecule has 0 spiro atoms. The smallest absolute Gasteiger partial charge is 0.243 e. The van der Waals surface area contributed by atoms with Gasteiger partial charge in [-0.2, -0.15) is 11.8 Å². The molecule has 7 heteroatoms. The monoisotopic (exact) mass is 442 g/mol. The quantitative estimate of drug-likeness (QED) is 0.390. The molecule has 0 aliphatic heterocycles. The molecular formula is C15H31IN4OS. The molecule has 1 aliphatic carbocycles. The Morgan fingerprint density at radius 3 is 2.59 bits per heavy atom. The summed E-state index contributed by atoms with van der Waals surface area (Å²) in [6.07, 6.45) is 7.10. The molecule has 0 bridgehead atoms. The van der Waals surface area contributed by atoms with Crippen molar-refractivity contribution in [2.75, 3.05) is 26.9 Å². The summed E-state index contributed by atoms with van der Waals surface area (Å²) in [5, 5.41) is 7.55. The van der Waals surface area contributed by atoms with Gasteiger partial charge in [0.2, 0.25) is 5.91 Å². The van der Waals surface area contributed by atoms with Gasteiger partial charge in [0, 0.05) is 31.4 Å². The highest BCUT2D eigenvalue weighted by molar-refractivity contribution is 14.0. The number of guanidine groups is 1. The topological polar surface area (TPSA) is 56.7 Å². The van der Waals surface area contributed by atoms with E-state index in [0.29, 0.717) is 12.1 Å². The normalized spacial score (nSPS) is 22.0. The summed E-state index contributed by atoms with van der Waals surface area (Å²) in [6.45, 7) is 4.35. The molecule has 0 aromatic carbocycles. The van der Waals surface area contributed by atoms with E-state index in [1.54, 1.807) is 19.0 Å². The SMILES string of the molecule is CSC1CCCC(NC(=NCC(=O)N(C)C)NC(C)C)C1.I. The summed E-state index contributed by atoms with van der Waals surface area (Å²) < 4.78 is 0. The number of aliphatic imine (C=N–C) groups is 1. The van der Waals surface area contributed by atoms with E-state index in [1.807, 2.05) is 11.8 Å². The molecule has 2 unspecified atom stereocenters. The van der Waals surface area contributed by atoms with Crippen LogP contribution in [0, 0.1) is 0 Å². The van der Waals surface area contributed by atoms with Crippen molar-refractivity contribution in [3.63, 3.8) is 0 Å². The number of thioether (sulfide) groups is 1. The lowest BCUT2D eigenvalue weighted by atomic mass is 9.95. The average Bonchev–Trinajstić information content (AvgIpc) is 2.43. The van der Waals surface area contributed by atoms with Crippen LogP contribution in [-0.2, 0) is 4.79 Å². The van der Waals surface area contributed by atoms with E-state index in [4.69, 9.17) is 0 Å². The Bertz CT molecular complexity index is 363. The Labute approximate surface area is 156 Å². The highest BCUT2D eigenvalue weighted by Gasteiger charge is 2.22. The number of likely N-dealkylation sites (N-methyl/N-ethyl adjacent to an activating group) is 1. The van der Waals surface area contributed by atoms with Gasteiger partial charge >= 0.3 is 0 Å². The molecule has 130 valence electrons. The van der Waals surface area contributed by atoms with Crippen LogP contribution in [0.5, 0.6) is 0 Å². The Morgan fingerprint density at radius 1 is 1.36 bits per heavy atom. The molecule has 1 fully saturated rings. The fourth-order valence-electron chi connectivity index (χ4n) is 2.38. The molecule has 0 heterocycles. The predicted octanol–water partition coefficient (Wildman–Crippen LogP) is 2.31. The largest absolute Gasteiger partial charge is 0.354 e. The number of hydrogen-bond acceptors (Lipinski definition) is 3. The fourth-order valence-corrected chi connectivity index (χ4v) is 3.21. The van der Waals surface area contributed by atoms with Gasteiger partial charge in [0.1, 0.15) is 6.54 Å².